The van der Waals surface area contributed by atoms with Crippen molar-refractivity contribution < 1.29 is 23.0 Å². The van der Waals surface area contributed by atoms with E-state index in [1.165, 1.54) is 7.11 Å². The maximum atomic E-state index is 12.6. The molecule has 7 heteroatoms. The van der Waals surface area contributed by atoms with Crippen LogP contribution in [-0.4, -0.2) is 17.2 Å². The molecule has 0 amide bonds. The minimum atomic E-state index is -4.42. The molecule has 2 rings (SSSR count). The van der Waals surface area contributed by atoms with Crippen molar-refractivity contribution in [1.29, 1.82) is 0 Å². The van der Waals surface area contributed by atoms with Crippen molar-refractivity contribution in [3.05, 3.63) is 47.7 Å². The van der Waals surface area contributed by atoms with Crippen LogP contribution in [0.1, 0.15) is 11.1 Å². The fourth-order valence-electron chi connectivity index (χ4n) is 1.76. The quantitative estimate of drug-likeness (QED) is 0.908. The van der Waals surface area contributed by atoms with Crippen molar-refractivity contribution in [3.63, 3.8) is 0 Å². The molecule has 1 aromatic heterocycles. The van der Waals surface area contributed by atoms with Gasteiger partial charge < -0.3 is 15.2 Å². The van der Waals surface area contributed by atoms with Crippen LogP contribution in [0, 0.1) is 0 Å². The number of ether oxygens (including phenoxy) is 1. The van der Waals surface area contributed by atoms with Gasteiger partial charge in [0.25, 0.3) is 0 Å². The van der Waals surface area contributed by atoms with Crippen molar-refractivity contribution in [1.82, 2.24) is 4.98 Å². The van der Waals surface area contributed by atoms with E-state index in [2.05, 4.69) is 10.3 Å². The standard InChI is InChI=1S/C14H13F3N2O2/c1-21-11-4-2-3-9(13(11)20)8-19-12-7-10(5-6-18-12)14(15,16)17/h2-7,20H,8H2,1H3,(H,18,19). The second kappa shape index (κ2) is 5.90. The fraction of sp³-hybridized carbons (Fsp3) is 0.214. The van der Waals surface area contributed by atoms with E-state index < -0.39 is 11.7 Å². The van der Waals surface area contributed by atoms with Gasteiger partial charge in [0.2, 0.25) is 0 Å². The number of aromatic hydroxyl groups is 1. The number of phenolic OH excluding ortho intramolecular Hbond substituents is 1. The number of alkyl halides is 3. The Hall–Kier alpha value is -2.44. The number of rotatable bonds is 4. The van der Waals surface area contributed by atoms with Crippen LogP contribution in [0.25, 0.3) is 0 Å². The van der Waals surface area contributed by atoms with Gasteiger partial charge in [-0.2, -0.15) is 13.2 Å². The highest BCUT2D eigenvalue weighted by Gasteiger charge is 2.30. The molecule has 0 aliphatic rings. The van der Waals surface area contributed by atoms with E-state index in [9.17, 15) is 18.3 Å². The number of pyridine rings is 1. The van der Waals surface area contributed by atoms with Crippen LogP contribution in [0.15, 0.2) is 36.5 Å². The summed E-state index contributed by atoms with van der Waals surface area (Å²) in [6, 6.07) is 6.71. The second-order valence-electron chi connectivity index (χ2n) is 4.25. The summed E-state index contributed by atoms with van der Waals surface area (Å²) in [4.78, 5) is 3.82. The number of phenols is 1. The Kier molecular flexibility index (Phi) is 4.21. The van der Waals surface area contributed by atoms with Gasteiger partial charge in [-0.1, -0.05) is 12.1 Å². The lowest BCUT2D eigenvalue weighted by atomic mass is 10.2. The van der Waals surface area contributed by atoms with Crippen molar-refractivity contribution in [2.75, 3.05) is 12.4 Å². The first-order chi connectivity index (χ1) is 9.91. The Morgan fingerprint density at radius 3 is 2.71 bits per heavy atom. The summed E-state index contributed by atoms with van der Waals surface area (Å²) in [5.74, 6) is 0.317. The molecule has 0 spiro atoms. The summed E-state index contributed by atoms with van der Waals surface area (Å²) in [6.45, 7) is 0.122. The maximum Gasteiger partial charge on any atom is 0.416 e. The van der Waals surface area contributed by atoms with Gasteiger partial charge in [-0.15, -0.1) is 0 Å². The number of para-hydroxylation sites is 1. The minimum absolute atomic E-state index is 0.0560. The van der Waals surface area contributed by atoms with Crippen LogP contribution >= 0.6 is 0 Å². The zero-order chi connectivity index (χ0) is 15.5. The zero-order valence-electron chi connectivity index (χ0n) is 11.1. The van der Waals surface area contributed by atoms with Crippen LogP contribution in [0.4, 0.5) is 19.0 Å². The van der Waals surface area contributed by atoms with Gasteiger partial charge in [-0.3, -0.25) is 0 Å². The number of methoxy groups -OCH3 is 1. The second-order valence-corrected chi connectivity index (χ2v) is 4.25. The van der Waals surface area contributed by atoms with Crippen LogP contribution < -0.4 is 10.1 Å². The highest BCUT2D eigenvalue weighted by Crippen LogP contribution is 2.31. The summed E-state index contributed by atoms with van der Waals surface area (Å²) in [5, 5.41) is 12.6. The Balaban J connectivity index is 2.14. The third-order valence-corrected chi connectivity index (χ3v) is 2.85. The Morgan fingerprint density at radius 2 is 2.05 bits per heavy atom. The molecule has 1 aromatic carbocycles. The van der Waals surface area contributed by atoms with Crippen LogP contribution in [0.3, 0.4) is 0 Å². The van der Waals surface area contributed by atoms with E-state index in [0.717, 1.165) is 18.3 Å². The number of aromatic nitrogens is 1. The van der Waals surface area contributed by atoms with Crippen molar-refractivity contribution >= 4 is 5.82 Å². The number of nitrogens with zero attached hydrogens (tertiary/aromatic N) is 1. The van der Waals surface area contributed by atoms with Crippen LogP contribution in [0.5, 0.6) is 11.5 Å². The molecule has 0 fully saturated rings. The van der Waals surface area contributed by atoms with Gasteiger partial charge in [0.15, 0.2) is 11.5 Å². The maximum absolute atomic E-state index is 12.6. The third kappa shape index (κ3) is 3.56. The van der Waals surface area contributed by atoms with E-state index in [4.69, 9.17) is 4.74 Å². The van der Waals surface area contributed by atoms with Gasteiger partial charge in [0, 0.05) is 18.3 Å². The van der Waals surface area contributed by atoms with Crippen molar-refractivity contribution in [2.45, 2.75) is 12.7 Å². The first-order valence-corrected chi connectivity index (χ1v) is 6.04. The van der Waals surface area contributed by atoms with Crippen molar-refractivity contribution in [3.8, 4) is 11.5 Å². The van der Waals surface area contributed by atoms with Gasteiger partial charge in [-0.25, -0.2) is 4.98 Å². The minimum Gasteiger partial charge on any atom is -0.504 e. The highest BCUT2D eigenvalue weighted by molar-refractivity contribution is 5.47. The summed E-state index contributed by atoms with van der Waals surface area (Å²) < 4.78 is 42.7. The van der Waals surface area contributed by atoms with Crippen molar-refractivity contribution in [2.24, 2.45) is 0 Å². The molecule has 0 unspecified atom stereocenters. The predicted octanol–water partition coefficient (Wildman–Crippen LogP) is 3.43. The molecular weight excluding hydrogens is 285 g/mol. The molecule has 2 N–H and O–H groups in total. The highest BCUT2D eigenvalue weighted by atomic mass is 19.4. The molecule has 112 valence electrons. The lowest BCUT2D eigenvalue weighted by Crippen LogP contribution is -2.07. The molecule has 0 radical (unpaired) electrons. The Bertz CT molecular complexity index is 630. The van der Waals surface area contributed by atoms with E-state index in [1.54, 1.807) is 18.2 Å². The summed E-state index contributed by atoms with van der Waals surface area (Å²) in [5.41, 5.74) is -0.288. The average molecular weight is 298 g/mol. The van der Waals surface area contributed by atoms with E-state index in [1.807, 2.05) is 0 Å². The largest absolute Gasteiger partial charge is 0.504 e. The van der Waals surface area contributed by atoms with Crippen LogP contribution in [-0.2, 0) is 12.7 Å². The predicted molar refractivity (Wildman–Crippen MR) is 71.2 cm³/mol. The summed E-state index contributed by atoms with van der Waals surface area (Å²) in [7, 11) is 1.42. The number of hydrogen-bond donors (Lipinski definition) is 2. The van der Waals surface area contributed by atoms with E-state index in [0.29, 0.717) is 11.3 Å². The topological polar surface area (TPSA) is 54.4 Å². The van der Waals surface area contributed by atoms with Gasteiger partial charge in [0.1, 0.15) is 5.82 Å². The molecule has 0 aliphatic heterocycles. The van der Waals surface area contributed by atoms with Gasteiger partial charge >= 0.3 is 6.18 Å². The molecule has 0 atom stereocenters. The zero-order valence-corrected chi connectivity index (χ0v) is 11.1. The molecular formula is C14H13F3N2O2. The smallest absolute Gasteiger partial charge is 0.416 e. The molecule has 1 heterocycles. The fourth-order valence-corrected chi connectivity index (χ4v) is 1.76. The third-order valence-electron chi connectivity index (χ3n) is 2.85. The first-order valence-electron chi connectivity index (χ1n) is 6.04. The van der Waals surface area contributed by atoms with Crippen LogP contribution in [0.2, 0.25) is 0 Å². The SMILES string of the molecule is COc1cccc(CNc2cc(C(F)(F)F)ccn2)c1O. The molecule has 2 aromatic rings. The summed E-state index contributed by atoms with van der Waals surface area (Å²) in [6.07, 6.45) is -3.34. The van der Waals surface area contributed by atoms with Gasteiger partial charge in [0.05, 0.1) is 12.7 Å². The normalized spacial score (nSPS) is 11.2. The monoisotopic (exact) mass is 298 g/mol. The summed E-state index contributed by atoms with van der Waals surface area (Å²) >= 11 is 0. The first kappa shape index (κ1) is 15.0. The number of anilines is 1. The van der Waals surface area contributed by atoms with E-state index >= 15 is 0 Å². The molecule has 0 saturated carbocycles. The number of benzene rings is 1. The molecule has 0 aliphatic carbocycles. The van der Waals surface area contributed by atoms with E-state index in [-0.39, 0.29) is 18.1 Å². The Labute approximate surface area is 119 Å². The average Bonchev–Trinajstić information content (AvgIpc) is 2.45. The molecule has 4 nitrogen and oxygen atoms in total. The Morgan fingerprint density at radius 1 is 1.29 bits per heavy atom. The lowest BCUT2D eigenvalue weighted by molar-refractivity contribution is -0.137. The lowest BCUT2D eigenvalue weighted by Gasteiger charge is -2.11. The number of halogens is 3. The molecule has 0 saturated heterocycles. The number of nitrogens with one attached hydrogen (secondary N) is 1. The van der Waals surface area contributed by atoms with Gasteiger partial charge in [-0.05, 0) is 18.2 Å². The molecule has 21 heavy (non-hydrogen) atoms. The number of hydrogen-bond acceptors (Lipinski definition) is 4. The molecule has 0 bridgehead atoms.